The van der Waals surface area contributed by atoms with Crippen LogP contribution in [0.25, 0.3) is 0 Å². The largest absolute Gasteiger partial charge is 0.399 e. The molecule has 0 aliphatic carbocycles. The number of anilines is 1. The van der Waals surface area contributed by atoms with Gasteiger partial charge >= 0.3 is 0 Å². The molecule has 5 nitrogen and oxygen atoms in total. The van der Waals surface area contributed by atoms with Gasteiger partial charge < -0.3 is 15.0 Å². The Labute approximate surface area is 119 Å². The number of rotatable bonds is 6. The van der Waals surface area contributed by atoms with Gasteiger partial charge in [0, 0.05) is 19.2 Å². The Morgan fingerprint density at radius 1 is 1.30 bits per heavy atom. The fraction of sp³-hybridized carbons (Fsp3) is 0.467. The van der Waals surface area contributed by atoms with Crippen molar-refractivity contribution in [2.75, 3.05) is 12.8 Å². The summed E-state index contributed by atoms with van der Waals surface area (Å²) in [6, 6.07) is 7.83. The lowest BCUT2D eigenvalue weighted by atomic mass is 10.1. The molecule has 2 aromatic rings. The maximum absolute atomic E-state index is 5.75. The van der Waals surface area contributed by atoms with Crippen LogP contribution in [0.3, 0.4) is 0 Å². The topological polar surface area (TPSA) is 74.2 Å². The van der Waals surface area contributed by atoms with Gasteiger partial charge in [-0.25, -0.2) is 0 Å². The molecule has 1 aromatic heterocycles. The number of aromatic nitrogens is 2. The zero-order valence-electron chi connectivity index (χ0n) is 12.2. The molecular formula is C15H21N3O2. The molecule has 20 heavy (non-hydrogen) atoms. The van der Waals surface area contributed by atoms with Crippen molar-refractivity contribution in [1.29, 1.82) is 0 Å². The molecule has 2 rings (SSSR count). The number of benzene rings is 1. The van der Waals surface area contributed by atoms with Crippen LogP contribution in [0, 0.1) is 5.92 Å². The van der Waals surface area contributed by atoms with E-state index in [1.165, 1.54) is 0 Å². The first kappa shape index (κ1) is 14.5. The Morgan fingerprint density at radius 3 is 2.75 bits per heavy atom. The average molecular weight is 275 g/mol. The first-order valence-corrected chi connectivity index (χ1v) is 6.80. The average Bonchev–Trinajstić information content (AvgIpc) is 2.85. The number of nitrogens with two attached hydrogens (primary N) is 1. The molecule has 1 atom stereocenters. The quantitative estimate of drug-likeness (QED) is 0.820. The second kappa shape index (κ2) is 6.52. The summed E-state index contributed by atoms with van der Waals surface area (Å²) in [5.74, 6) is 1.55. The van der Waals surface area contributed by atoms with E-state index in [2.05, 4.69) is 24.0 Å². The van der Waals surface area contributed by atoms with Gasteiger partial charge in [-0.1, -0.05) is 31.1 Å². The lowest BCUT2D eigenvalue weighted by Gasteiger charge is -2.14. The number of nitrogens with zero attached hydrogens (tertiary/aromatic N) is 2. The third-order valence-corrected chi connectivity index (χ3v) is 3.18. The van der Waals surface area contributed by atoms with Gasteiger partial charge in [-0.2, -0.15) is 4.98 Å². The summed E-state index contributed by atoms with van der Waals surface area (Å²) in [5, 5.41) is 4.00. The normalized spacial score (nSPS) is 12.8. The molecule has 0 spiro atoms. The summed E-state index contributed by atoms with van der Waals surface area (Å²) < 4.78 is 10.7. The summed E-state index contributed by atoms with van der Waals surface area (Å²) >= 11 is 0. The summed E-state index contributed by atoms with van der Waals surface area (Å²) in [4.78, 5) is 4.41. The van der Waals surface area contributed by atoms with E-state index >= 15 is 0 Å². The van der Waals surface area contributed by atoms with Crippen LogP contribution in [0.4, 0.5) is 5.69 Å². The smallest absolute Gasteiger partial charge is 0.227 e. The van der Waals surface area contributed by atoms with E-state index in [-0.39, 0.29) is 6.10 Å². The van der Waals surface area contributed by atoms with Gasteiger partial charge in [0.25, 0.3) is 0 Å². The molecule has 2 N–H and O–H groups in total. The Kier molecular flexibility index (Phi) is 4.74. The Morgan fingerprint density at radius 2 is 2.10 bits per heavy atom. The molecule has 1 unspecified atom stereocenters. The van der Waals surface area contributed by atoms with Gasteiger partial charge in [-0.05, 0) is 30.0 Å². The van der Waals surface area contributed by atoms with Crippen molar-refractivity contribution in [3.8, 4) is 0 Å². The predicted octanol–water partition coefficient (Wildman–Crippen LogP) is 2.78. The fourth-order valence-electron chi connectivity index (χ4n) is 2.16. The van der Waals surface area contributed by atoms with E-state index in [1.54, 1.807) is 7.11 Å². The van der Waals surface area contributed by atoms with Crippen molar-refractivity contribution in [3.05, 3.63) is 41.5 Å². The minimum Gasteiger partial charge on any atom is -0.399 e. The first-order valence-electron chi connectivity index (χ1n) is 6.80. The van der Waals surface area contributed by atoms with Crippen LogP contribution in [0.15, 0.2) is 28.8 Å². The van der Waals surface area contributed by atoms with Crippen LogP contribution in [-0.2, 0) is 17.6 Å². The van der Waals surface area contributed by atoms with Crippen molar-refractivity contribution >= 4 is 5.69 Å². The highest BCUT2D eigenvalue weighted by Gasteiger charge is 2.21. The maximum Gasteiger partial charge on any atom is 0.227 e. The van der Waals surface area contributed by atoms with E-state index in [0.717, 1.165) is 17.7 Å². The summed E-state index contributed by atoms with van der Waals surface area (Å²) in [7, 11) is 1.66. The van der Waals surface area contributed by atoms with Gasteiger partial charge in [-0.3, -0.25) is 0 Å². The molecule has 108 valence electrons. The molecule has 0 radical (unpaired) electrons. The molecule has 0 aliphatic heterocycles. The molecule has 0 aliphatic rings. The summed E-state index contributed by atoms with van der Waals surface area (Å²) in [5.41, 5.74) is 7.69. The lowest BCUT2D eigenvalue weighted by molar-refractivity contribution is 0.0555. The van der Waals surface area contributed by atoms with Crippen LogP contribution in [0.5, 0.6) is 0 Å². The molecule has 0 saturated carbocycles. The SMILES string of the molecule is COC(c1noc(CCc2cccc(N)c2)n1)C(C)C. The zero-order valence-corrected chi connectivity index (χ0v) is 12.2. The molecule has 5 heteroatoms. The molecule has 0 fully saturated rings. The van der Waals surface area contributed by atoms with Gasteiger partial charge in [0.15, 0.2) is 0 Å². The van der Waals surface area contributed by atoms with Crippen LogP contribution in [0.1, 0.15) is 37.2 Å². The standard InChI is InChI=1S/C15H21N3O2/c1-10(2)14(19-3)15-17-13(20-18-15)8-7-11-5-4-6-12(16)9-11/h4-6,9-10,14H,7-8,16H2,1-3H3. The van der Waals surface area contributed by atoms with Gasteiger partial charge in [0.2, 0.25) is 11.7 Å². The molecule has 1 aromatic carbocycles. The predicted molar refractivity (Wildman–Crippen MR) is 77.1 cm³/mol. The summed E-state index contributed by atoms with van der Waals surface area (Å²) in [6.45, 7) is 4.13. The Bertz CT molecular complexity index is 552. The molecule has 0 bridgehead atoms. The van der Waals surface area contributed by atoms with Crippen molar-refractivity contribution < 1.29 is 9.26 Å². The van der Waals surface area contributed by atoms with Crippen LogP contribution in [0.2, 0.25) is 0 Å². The third kappa shape index (κ3) is 3.57. The van der Waals surface area contributed by atoms with Crippen LogP contribution >= 0.6 is 0 Å². The van der Waals surface area contributed by atoms with Crippen molar-refractivity contribution in [1.82, 2.24) is 10.1 Å². The van der Waals surface area contributed by atoms with Gasteiger partial charge in [0.05, 0.1) is 0 Å². The third-order valence-electron chi connectivity index (χ3n) is 3.18. The lowest BCUT2D eigenvalue weighted by Crippen LogP contribution is -2.10. The van der Waals surface area contributed by atoms with E-state index < -0.39 is 0 Å². The van der Waals surface area contributed by atoms with E-state index in [0.29, 0.717) is 24.1 Å². The highest BCUT2D eigenvalue weighted by atomic mass is 16.5. The minimum absolute atomic E-state index is 0.125. The van der Waals surface area contributed by atoms with Crippen molar-refractivity contribution in [3.63, 3.8) is 0 Å². The number of nitrogen functional groups attached to an aromatic ring is 1. The fourth-order valence-corrected chi connectivity index (χ4v) is 2.16. The second-order valence-electron chi connectivity index (χ2n) is 5.19. The minimum atomic E-state index is -0.125. The highest BCUT2D eigenvalue weighted by molar-refractivity contribution is 5.40. The van der Waals surface area contributed by atoms with Crippen LogP contribution in [-0.4, -0.2) is 17.3 Å². The number of methoxy groups -OCH3 is 1. The van der Waals surface area contributed by atoms with Gasteiger partial charge in [-0.15, -0.1) is 0 Å². The Balaban J connectivity index is 1.99. The van der Waals surface area contributed by atoms with Crippen LogP contribution < -0.4 is 5.73 Å². The van der Waals surface area contributed by atoms with E-state index in [4.69, 9.17) is 15.0 Å². The van der Waals surface area contributed by atoms with E-state index in [1.807, 2.05) is 24.3 Å². The number of ether oxygens (including phenoxy) is 1. The number of hydrogen-bond acceptors (Lipinski definition) is 5. The summed E-state index contributed by atoms with van der Waals surface area (Å²) in [6.07, 6.45) is 1.40. The monoisotopic (exact) mass is 275 g/mol. The molecule has 1 heterocycles. The van der Waals surface area contributed by atoms with E-state index in [9.17, 15) is 0 Å². The Hall–Kier alpha value is -1.88. The number of aryl methyl sites for hydroxylation is 2. The zero-order chi connectivity index (χ0) is 14.5. The second-order valence-corrected chi connectivity index (χ2v) is 5.19. The maximum atomic E-state index is 5.75. The first-order chi connectivity index (χ1) is 9.60. The van der Waals surface area contributed by atoms with Crippen molar-refractivity contribution in [2.24, 2.45) is 5.92 Å². The highest BCUT2D eigenvalue weighted by Crippen LogP contribution is 2.22. The molecule has 0 amide bonds. The van der Waals surface area contributed by atoms with Gasteiger partial charge in [0.1, 0.15) is 6.10 Å². The number of hydrogen-bond donors (Lipinski definition) is 1. The van der Waals surface area contributed by atoms with Crippen molar-refractivity contribution in [2.45, 2.75) is 32.8 Å². The molecular weight excluding hydrogens is 254 g/mol. The molecule has 0 saturated heterocycles.